The maximum absolute atomic E-state index is 15.9. The summed E-state index contributed by atoms with van der Waals surface area (Å²) in [7, 11) is 0. The predicted molar refractivity (Wildman–Crippen MR) is 332 cm³/mol. The number of benzene rings is 9. The smallest absolute Gasteiger partial charge is 0.171 e. The molecule has 23 rings (SSSR count). The van der Waals surface area contributed by atoms with Crippen molar-refractivity contribution in [3.63, 3.8) is 0 Å². The van der Waals surface area contributed by atoms with Gasteiger partial charge in [-0.25, -0.2) is 0 Å². The summed E-state index contributed by atoms with van der Waals surface area (Å²) in [6, 6.07) is 62.6. The molecule has 0 radical (unpaired) electrons. The van der Waals surface area contributed by atoms with E-state index in [1.165, 1.54) is 99.1 Å². The van der Waals surface area contributed by atoms with E-state index < -0.39 is 21.7 Å². The standard InChI is InChI=1S/C78H46N4O2/c1-75(2)47-23-11-9-21-39(47)69-67(75)59-55(33-79-69)81-53-31-43-42(64-36-18-6-14-26-50(36)78(64)52-28-16-7-19-37(52)65(78)73(43)83)30-46(53)58-62-60-56(34-80-70-40-22-10-12-24-48(40)76(3,4)68(60)70)82-54-32-44-41(29-45(54)57(72(62)82)61(59)71(58)81)63-35-17-5-13-25-49(35)77(63)51-27-15-8-20-38(51)66(77)74(44)84/h5-34,63-66H,1-4H3. The second-order valence-corrected chi connectivity index (χ2v) is 27.2. The van der Waals surface area contributed by atoms with E-state index in [1.807, 2.05) is 0 Å². The monoisotopic (exact) mass is 1070 g/mol. The number of carbonyl (C=O) groups is 2. The van der Waals surface area contributed by atoms with Crippen LogP contribution in [-0.4, -0.2) is 30.3 Å². The summed E-state index contributed by atoms with van der Waals surface area (Å²) in [5, 5.41) is 9.51. The second kappa shape index (κ2) is 12.9. The van der Waals surface area contributed by atoms with Gasteiger partial charge in [0.15, 0.2) is 11.6 Å². The first kappa shape index (κ1) is 43.0. The highest BCUT2D eigenvalue weighted by atomic mass is 16.1. The summed E-state index contributed by atoms with van der Waals surface area (Å²) >= 11 is 0. The van der Waals surface area contributed by atoms with E-state index in [0.717, 1.165) is 88.6 Å². The maximum Gasteiger partial charge on any atom is 0.171 e. The Morgan fingerprint density at radius 1 is 0.345 bits per heavy atom. The van der Waals surface area contributed by atoms with Gasteiger partial charge in [0.25, 0.3) is 0 Å². The fourth-order valence-corrected chi connectivity index (χ4v) is 20.9. The van der Waals surface area contributed by atoms with Crippen LogP contribution in [0.5, 0.6) is 0 Å². The van der Waals surface area contributed by atoms with Crippen LogP contribution in [0.4, 0.5) is 0 Å². The Morgan fingerprint density at radius 3 is 1.08 bits per heavy atom. The lowest BCUT2D eigenvalue weighted by atomic mass is 9.36. The minimum Gasteiger partial charge on any atom is -0.306 e. The molecule has 84 heavy (non-hydrogen) atoms. The lowest BCUT2D eigenvalue weighted by molar-refractivity contribution is 0.0839. The molecule has 0 saturated carbocycles. The Balaban J connectivity index is 0.955. The number of hydrogen-bond donors (Lipinski definition) is 0. The first-order chi connectivity index (χ1) is 41.1. The molecule has 6 atom stereocenters. The molecule has 0 amide bonds. The fourth-order valence-electron chi connectivity index (χ4n) is 20.9. The van der Waals surface area contributed by atoms with Crippen LogP contribution in [0.3, 0.4) is 0 Å². The maximum atomic E-state index is 15.9. The fraction of sp³-hybridized carbons (Fsp3) is 0.154. The molecular weight excluding hydrogens is 1020 g/mol. The third-order valence-corrected chi connectivity index (χ3v) is 23.7. The number of nitrogens with zero attached hydrogens (tertiary/aromatic N) is 4. The minimum atomic E-state index is -0.411. The van der Waals surface area contributed by atoms with Crippen LogP contribution in [-0.2, 0) is 21.7 Å². The van der Waals surface area contributed by atoms with Crippen LogP contribution in [0.15, 0.2) is 182 Å². The highest BCUT2D eigenvalue weighted by molar-refractivity contribution is 6.46. The Morgan fingerprint density at radius 2 is 0.690 bits per heavy atom. The second-order valence-electron chi connectivity index (χ2n) is 27.2. The number of ketones is 2. The molecule has 6 heterocycles. The van der Waals surface area contributed by atoms with Crippen LogP contribution in [0.25, 0.3) is 98.7 Å². The highest BCUT2D eigenvalue weighted by Crippen LogP contribution is 2.76. The molecule has 0 N–H and O–H groups in total. The van der Waals surface area contributed by atoms with Crippen LogP contribution in [0.1, 0.15) is 150 Å². The van der Waals surface area contributed by atoms with E-state index >= 15 is 9.59 Å². The van der Waals surface area contributed by atoms with E-state index in [0.29, 0.717) is 0 Å². The summed E-state index contributed by atoms with van der Waals surface area (Å²) in [6.45, 7) is 9.54. The Bertz CT molecular complexity index is 5550. The molecule has 9 aromatic carbocycles. The van der Waals surface area contributed by atoms with Crippen LogP contribution < -0.4 is 0 Å². The first-order valence-corrected chi connectivity index (χ1v) is 30.0. The molecule has 6 aromatic heterocycles. The van der Waals surface area contributed by atoms with E-state index in [9.17, 15) is 0 Å². The molecule has 6 unspecified atom stereocenters. The topological polar surface area (TPSA) is 68.7 Å². The van der Waals surface area contributed by atoms with Gasteiger partial charge in [-0.2, -0.15) is 0 Å². The normalized spacial score (nSPS) is 23.8. The van der Waals surface area contributed by atoms with Gasteiger partial charge < -0.3 is 8.80 Å². The summed E-state index contributed by atoms with van der Waals surface area (Å²) < 4.78 is 5.07. The summed E-state index contributed by atoms with van der Waals surface area (Å²) in [5.74, 6) is -0.0486. The quantitative estimate of drug-likeness (QED) is 0.152. The Labute approximate surface area is 480 Å². The lowest BCUT2D eigenvalue weighted by Gasteiger charge is -2.64. The molecule has 390 valence electrons. The molecular formula is C78H46N4O2. The first-order valence-electron chi connectivity index (χ1n) is 30.0. The van der Waals surface area contributed by atoms with Gasteiger partial charge in [-0.15, -0.1) is 0 Å². The number of carbonyl (C=O) groups excluding carboxylic acids is 2. The number of hydrogen-bond acceptors (Lipinski definition) is 4. The summed E-state index contributed by atoms with van der Waals surface area (Å²) in [6.07, 6.45) is 4.30. The molecule has 6 heteroatoms. The van der Waals surface area contributed by atoms with Gasteiger partial charge in [0, 0.05) is 98.8 Å². The van der Waals surface area contributed by atoms with Gasteiger partial charge in [0.2, 0.25) is 0 Å². The van der Waals surface area contributed by atoms with E-state index in [2.05, 4.69) is 219 Å². The zero-order chi connectivity index (χ0) is 54.9. The number of aromatic nitrogens is 4. The van der Waals surface area contributed by atoms with E-state index in [1.54, 1.807) is 0 Å². The van der Waals surface area contributed by atoms with Crippen molar-refractivity contribution in [2.75, 3.05) is 0 Å². The number of pyridine rings is 2. The molecule has 0 bridgehead atoms. The zero-order valence-electron chi connectivity index (χ0n) is 46.2. The molecule has 0 fully saturated rings. The largest absolute Gasteiger partial charge is 0.306 e. The van der Waals surface area contributed by atoms with Crippen molar-refractivity contribution in [2.45, 2.75) is 73.0 Å². The molecule has 0 aliphatic heterocycles. The van der Waals surface area contributed by atoms with E-state index in [-0.39, 0.29) is 35.2 Å². The molecule has 0 saturated heterocycles. The third kappa shape index (κ3) is 3.91. The van der Waals surface area contributed by atoms with Crippen molar-refractivity contribution in [3.8, 4) is 22.5 Å². The molecule has 2 spiro atoms. The van der Waals surface area contributed by atoms with E-state index in [4.69, 9.17) is 9.97 Å². The Hall–Kier alpha value is -9.78. The number of rotatable bonds is 0. The van der Waals surface area contributed by atoms with Crippen molar-refractivity contribution in [2.24, 2.45) is 0 Å². The highest BCUT2D eigenvalue weighted by Gasteiger charge is 2.71. The van der Waals surface area contributed by atoms with Crippen molar-refractivity contribution in [1.82, 2.24) is 18.8 Å². The molecule has 8 aliphatic carbocycles. The van der Waals surface area contributed by atoms with Gasteiger partial charge in [-0.3, -0.25) is 19.6 Å². The number of Topliss-reactive ketones (excluding diaryl/α,β-unsaturated/α-hetero) is 2. The van der Waals surface area contributed by atoms with Gasteiger partial charge in [-0.1, -0.05) is 173 Å². The van der Waals surface area contributed by atoms with Crippen LogP contribution >= 0.6 is 0 Å². The Kier molecular flexibility index (Phi) is 6.59. The molecule has 8 aliphatic rings. The predicted octanol–water partition coefficient (Wildman–Crippen LogP) is 16.8. The average Bonchev–Trinajstić information content (AvgIpc) is 0.783. The van der Waals surface area contributed by atoms with Gasteiger partial charge >= 0.3 is 0 Å². The van der Waals surface area contributed by atoms with Gasteiger partial charge in [-0.05, 0) is 102 Å². The zero-order valence-corrected chi connectivity index (χ0v) is 46.2. The van der Waals surface area contributed by atoms with Crippen LogP contribution in [0.2, 0.25) is 0 Å². The summed E-state index contributed by atoms with van der Waals surface area (Å²) in [4.78, 5) is 43.0. The molecule has 15 aromatic rings. The summed E-state index contributed by atoms with van der Waals surface area (Å²) in [5.41, 5.74) is 28.3. The number of fused-ring (bicyclic) bond motifs is 34. The third-order valence-electron chi connectivity index (χ3n) is 23.7. The molecule has 6 nitrogen and oxygen atoms in total. The minimum absolute atomic E-state index is 0.0196. The van der Waals surface area contributed by atoms with Crippen molar-refractivity contribution < 1.29 is 9.59 Å². The van der Waals surface area contributed by atoms with Crippen molar-refractivity contribution in [3.05, 3.63) is 271 Å². The van der Waals surface area contributed by atoms with Crippen molar-refractivity contribution in [1.29, 1.82) is 0 Å². The lowest BCUT2D eigenvalue weighted by Crippen LogP contribution is -2.61. The SMILES string of the molecule is CC1(C)c2ccccc2-c2ncc3c(c21)c1c2c4cc5c(cc4n4c6cnc7c(c6c(c6c8cc9c(cc8n3c61)C(=O)C1c3ccccc3C13c1ccccc1C93)c24)C(C)(C)c1ccccc1-7)C(=O)C1c2ccccc2C12c1ccccc1C52. The van der Waals surface area contributed by atoms with Gasteiger partial charge in [0.05, 0.1) is 68.7 Å². The van der Waals surface area contributed by atoms with Crippen LogP contribution in [0, 0.1) is 0 Å². The van der Waals surface area contributed by atoms with Crippen molar-refractivity contribution >= 4 is 87.8 Å². The van der Waals surface area contributed by atoms with Gasteiger partial charge in [0.1, 0.15) is 0 Å². The average molecular weight is 1070 g/mol.